The number of likely N-dealkylation sites (N-methyl/N-ethyl adjacent to an activating group) is 1. The predicted octanol–water partition coefficient (Wildman–Crippen LogP) is 2.17. The number of amides is 1. The summed E-state index contributed by atoms with van der Waals surface area (Å²) in [5.41, 5.74) is 0.461. The fraction of sp³-hybridized carbons (Fsp3) is 0.500. The highest BCUT2D eigenvalue weighted by Gasteiger charge is 2.26. The van der Waals surface area contributed by atoms with E-state index in [4.69, 9.17) is 16.3 Å². The first-order valence-corrected chi connectivity index (χ1v) is 6.84. The molecule has 0 aliphatic carbocycles. The van der Waals surface area contributed by atoms with Gasteiger partial charge < -0.3 is 15.0 Å². The lowest BCUT2D eigenvalue weighted by atomic mass is 10.0. The Kier molecular flexibility index (Phi) is 4.66. The number of carbonyl (C=O) groups is 1. The van der Waals surface area contributed by atoms with Crippen LogP contribution in [0.1, 0.15) is 23.2 Å². The molecule has 0 saturated carbocycles. The van der Waals surface area contributed by atoms with Crippen LogP contribution in [0.4, 0.5) is 0 Å². The van der Waals surface area contributed by atoms with E-state index in [-0.39, 0.29) is 5.91 Å². The number of piperidine rings is 1. The van der Waals surface area contributed by atoms with Crippen LogP contribution in [-0.2, 0) is 0 Å². The molecular formula is C14H19ClN2O2. The van der Waals surface area contributed by atoms with Crippen LogP contribution in [0, 0.1) is 0 Å². The van der Waals surface area contributed by atoms with Gasteiger partial charge in [0, 0.05) is 19.1 Å². The molecule has 0 unspecified atom stereocenters. The third-order valence-corrected chi connectivity index (χ3v) is 3.84. The smallest absolute Gasteiger partial charge is 0.259 e. The van der Waals surface area contributed by atoms with Crippen molar-refractivity contribution in [3.8, 4) is 5.75 Å². The SMILES string of the molecule is CN[C@H]1CCCN(C(=O)c2c(Cl)cccc2OC)C1. The molecule has 0 spiro atoms. The molecule has 1 aliphatic heterocycles. The maximum atomic E-state index is 12.6. The van der Waals surface area contributed by atoms with Crippen LogP contribution in [0.5, 0.6) is 5.75 Å². The molecule has 4 nitrogen and oxygen atoms in total. The van der Waals surface area contributed by atoms with Crippen molar-refractivity contribution in [1.29, 1.82) is 0 Å². The molecule has 1 fully saturated rings. The molecule has 1 saturated heterocycles. The normalized spacial score (nSPS) is 19.3. The van der Waals surface area contributed by atoms with Gasteiger partial charge in [0.1, 0.15) is 11.3 Å². The van der Waals surface area contributed by atoms with Gasteiger partial charge >= 0.3 is 0 Å². The van der Waals surface area contributed by atoms with Gasteiger partial charge in [-0.05, 0) is 32.0 Å². The molecule has 0 bridgehead atoms. The van der Waals surface area contributed by atoms with Crippen molar-refractivity contribution in [2.45, 2.75) is 18.9 Å². The Morgan fingerprint density at radius 2 is 2.32 bits per heavy atom. The lowest BCUT2D eigenvalue weighted by molar-refractivity contribution is 0.0695. The molecule has 1 aliphatic rings. The minimum atomic E-state index is -0.0533. The monoisotopic (exact) mass is 282 g/mol. The third-order valence-electron chi connectivity index (χ3n) is 3.53. The van der Waals surface area contributed by atoms with E-state index in [0.29, 0.717) is 28.9 Å². The fourth-order valence-corrected chi connectivity index (χ4v) is 2.68. The van der Waals surface area contributed by atoms with E-state index >= 15 is 0 Å². The summed E-state index contributed by atoms with van der Waals surface area (Å²) >= 11 is 6.15. The van der Waals surface area contributed by atoms with Crippen molar-refractivity contribution in [2.24, 2.45) is 0 Å². The molecule has 1 heterocycles. The number of carbonyl (C=O) groups excluding carboxylic acids is 1. The predicted molar refractivity (Wildman–Crippen MR) is 76.0 cm³/mol. The molecule has 5 heteroatoms. The molecule has 1 aromatic carbocycles. The molecule has 0 aromatic heterocycles. The molecule has 19 heavy (non-hydrogen) atoms. The van der Waals surface area contributed by atoms with E-state index in [1.54, 1.807) is 25.3 Å². The van der Waals surface area contributed by atoms with E-state index in [1.807, 2.05) is 11.9 Å². The number of halogens is 1. The number of rotatable bonds is 3. The first-order valence-electron chi connectivity index (χ1n) is 6.46. The maximum absolute atomic E-state index is 12.6. The highest BCUT2D eigenvalue weighted by Crippen LogP contribution is 2.28. The van der Waals surface area contributed by atoms with Crippen molar-refractivity contribution >= 4 is 17.5 Å². The van der Waals surface area contributed by atoms with Gasteiger partial charge in [0.05, 0.1) is 12.1 Å². The van der Waals surface area contributed by atoms with Crippen molar-refractivity contribution in [2.75, 3.05) is 27.2 Å². The second-order valence-electron chi connectivity index (χ2n) is 4.70. The van der Waals surface area contributed by atoms with Crippen molar-refractivity contribution in [1.82, 2.24) is 10.2 Å². The zero-order chi connectivity index (χ0) is 13.8. The third kappa shape index (κ3) is 3.01. The molecule has 2 rings (SSSR count). The summed E-state index contributed by atoms with van der Waals surface area (Å²) in [7, 11) is 3.48. The maximum Gasteiger partial charge on any atom is 0.259 e. The largest absolute Gasteiger partial charge is 0.496 e. The van der Waals surface area contributed by atoms with Crippen LogP contribution in [0.2, 0.25) is 5.02 Å². The number of hydrogen-bond acceptors (Lipinski definition) is 3. The molecule has 1 amide bonds. The summed E-state index contributed by atoms with van der Waals surface area (Å²) in [6.45, 7) is 1.48. The Morgan fingerprint density at radius 1 is 1.53 bits per heavy atom. The minimum absolute atomic E-state index is 0.0533. The zero-order valence-electron chi connectivity index (χ0n) is 11.3. The van der Waals surface area contributed by atoms with Crippen molar-refractivity contribution in [3.05, 3.63) is 28.8 Å². The second kappa shape index (κ2) is 6.26. The highest BCUT2D eigenvalue weighted by molar-refractivity contribution is 6.34. The Bertz CT molecular complexity index is 465. The summed E-state index contributed by atoms with van der Waals surface area (Å²) in [4.78, 5) is 14.4. The summed E-state index contributed by atoms with van der Waals surface area (Å²) in [5, 5.41) is 3.67. The molecular weight excluding hydrogens is 264 g/mol. The molecule has 1 N–H and O–H groups in total. The van der Waals surface area contributed by atoms with E-state index < -0.39 is 0 Å². The summed E-state index contributed by atoms with van der Waals surface area (Å²) in [6.07, 6.45) is 2.10. The molecule has 1 aromatic rings. The number of ether oxygens (including phenoxy) is 1. The van der Waals surface area contributed by atoms with Crippen molar-refractivity contribution in [3.63, 3.8) is 0 Å². The number of nitrogens with zero attached hydrogens (tertiary/aromatic N) is 1. The van der Waals surface area contributed by atoms with Crippen LogP contribution in [0.15, 0.2) is 18.2 Å². The summed E-state index contributed by atoms with van der Waals surface area (Å²) < 4.78 is 5.24. The van der Waals surface area contributed by atoms with Crippen LogP contribution in [-0.4, -0.2) is 44.1 Å². The fourth-order valence-electron chi connectivity index (χ4n) is 2.44. The van der Waals surface area contributed by atoms with E-state index in [2.05, 4.69) is 5.32 Å². The Hall–Kier alpha value is -1.26. The Balaban J connectivity index is 2.24. The average molecular weight is 283 g/mol. The Morgan fingerprint density at radius 3 is 3.00 bits per heavy atom. The van der Waals surface area contributed by atoms with Gasteiger partial charge in [0.25, 0.3) is 5.91 Å². The minimum Gasteiger partial charge on any atom is -0.496 e. The summed E-state index contributed by atoms with van der Waals surface area (Å²) in [6, 6.07) is 5.62. The first-order chi connectivity index (χ1) is 9.17. The van der Waals surface area contributed by atoms with Crippen LogP contribution in [0.3, 0.4) is 0 Å². The first kappa shape index (κ1) is 14.2. The van der Waals surface area contributed by atoms with Crippen LogP contribution < -0.4 is 10.1 Å². The number of likely N-dealkylation sites (tertiary alicyclic amines) is 1. The van der Waals surface area contributed by atoms with Gasteiger partial charge in [-0.2, -0.15) is 0 Å². The Labute approximate surface area is 118 Å². The number of benzene rings is 1. The molecule has 104 valence electrons. The number of nitrogens with one attached hydrogen (secondary N) is 1. The summed E-state index contributed by atoms with van der Waals surface area (Å²) in [5.74, 6) is 0.478. The zero-order valence-corrected chi connectivity index (χ0v) is 12.0. The number of methoxy groups -OCH3 is 1. The van der Waals surface area contributed by atoms with Crippen LogP contribution in [0.25, 0.3) is 0 Å². The lowest BCUT2D eigenvalue weighted by Gasteiger charge is -2.33. The average Bonchev–Trinajstić information content (AvgIpc) is 2.46. The second-order valence-corrected chi connectivity index (χ2v) is 5.10. The quantitative estimate of drug-likeness (QED) is 0.924. The van der Waals surface area contributed by atoms with Crippen molar-refractivity contribution < 1.29 is 9.53 Å². The van der Waals surface area contributed by atoms with Crippen LogP contribution >= 0.6 is 11.6 Å². The number of hydrogen-bond donors (Lipinski definition) is 1. The van der Waals surface area contributed by atoms with E-state index in [1.165, 1.54) is 0 Å². The van der Waals surface area contributed by atoms with Gasteiger partial charge in [-0.15, -0.1) is 0 Å². The topological polar surface area (TPSA) is 41.6 Å². The molecule has 0 radical (unpaired) electrons. The van der Waals surface area contributed by atoms with Gasteiger partial charge in [-0.25, -0.2) is 0 Å². The van der Waals surface area contributed by atoms with E-state index in [9.17, 15) is 4.79 Å². The standard InChI is InChI=1S/C14H19ClN2O2/c1-16-10-5-4-8-17(9-10)14(18)13-11(15)6-3-7-12(13)19-2/h3,6-7,10,16H,4-5,8-9H2,1-2H3/t10-/m0/s1. The lowest BCUT2D eigenvalue weighted by Crippen LogP contribution is -2.47. The highest BCUT2D eigenvalue weighted by atomic mass is 35.5. The van der Waals surface area contributed by atoms with Gasteiger partial charge in [-0.1, -0.05) is 17.7 Å². The van der Waals surface area contributed by atoms with Gasteiger partial charge in [-0.3, -0.25) is 4.79 Å². The van der Waals surface area contributed by atoms with Gasteiger partial charge in [0.2, 0.25) is 0 Å². The molecule has 1 atom stereocenters. The van der Waals surface area contributed by atoms with E-state index in [0.717, 1.165) is 19.4 Å². The van der Waals surface area contributed by atoms with Gasteiger partial charge in [0.15, 0.2) is 0 Å².